The molecule has 2 N–H and O–H groups in total. The van der Waals surface area contributed by atoms with Gasteiger partial charge in [-0.3, -0.25) is 19.6 Å². The molecule has 2 aliphatic rings. The predicted molar refractivity (Wildman–Crippen MR) is 130 cm³/mol. The minimum absolute atomic E-state index is 0.0328. The molecular formula is C23H22F4N6O5S. The average molecular weight is 571 g/mol. The van der Waals surface area contributed by atoms with Crippen LogP contribution >= 0.6 is 12.1 Å². The van der Waals surface area contributed by atoms with Crippen LogP contribution in [0, 0.1) is 5.82 Å². The number of piperidine rings is 1. The highest BCUT2D eigenvalue weighted by Crippen LogP contribution is 2.39. The number of carbonyl (C=O) groups is 1. The van der Waals surface area contributed by atoms with Gasteiger partial charge in [0.2, 0.25) is 5.88 Å². The van der Waals surface area contributed by atoms with Gasteiger partial charge in [0.05, 0.1) is 37.0 Å². The highest BCUT2D eigenvalue weighted by atomic mass is 32.2. The number of alkyl halides is 3. The van der Waals surface area contributed by atoms with Crippen LogP contribution < -0.4 is 14.4 Å². The van der Waals surface area contributed by atoms with Gasteiger partial charge in [0.1, 0.15) is 24.3 Å². The number of amides is 1. The van der Waals surface area contributed by atoms with Crippen molar-refractivity contribution in [2.24, 2.45) is 0 Å². The second-order valence-corrected chi connectivity index (χ2v) is 9.35. The highest BCUT2D eigenvalue weighted by molar-refractivity contribution is 7.98. The van der Waals surface area contributed by atoms with E-state index in [1.807, 2.05) is 0 Å². The Kier molecular flexibility index (Phi) is 7.64. The second kappa shape index (κ2) is 11.0. The lowest BCUT2D eigenvalue weighted by molar-refractivity contribution is -0.191. The molecule has 3 aromatic rings. The predicted octanol–water partition coefficient (Wildman–Crippen LogP) is 3.99. The van der Waals surface area contributed by atoms with E-state index in [1.54, 1.807) is 11.1 Å². The van der Waals surface area contributed by atoms with Crippen molar-refractivity contribution in [3.8, 4) is 17.1 Å². The van der Waals surface area contributed by atoms with E-state index in [0.717, 1.165) is 41.0 Å². The number of ether oxygens (including phenoxy) is 2. The van der Waals surface area contributed by atoms with Crippen molar-refractivity contribution in [1.82, 2.24) is 19.7 Å². The summed E-state index contributed by atoms with van der Waals surface area (Å²) in [6, 6.07) is 6.20. The molecule has 208 valence electrons. The Bertz CT molecular complexity index is 1330. The normalized spacial score (nSPS) is 20.3. The third-order valence-electron chi connectivity index (χ3n) is 6.27. The molecule has 2 atom stereocenters. The quantitative estimate of drug-likeness (QED) is 0.244. The first-order chi connectivity index (χ1) is 18.7. The summed E-state index contributed by atoms with van der Waals surface area (Å²) >= 11 is 0.844. The minimum Gasteiger partial charge on any atom is -0.479 e. The number of halogens is 4. The SMILES string of the molecule is COc1nc(-c2cccc(C(F)(F)F)c2)c(F)cc1N1C(=O)COC2CN(N(O)SNc3ccon3)CCC21. The van der Waals surface area contributed by atoms with Gasteiger partial charge in [-0.2, -0.15) is 13.2 Å². The lowest BCUT2D eigenvalue weighted by Gasteiger charge is -2.47. The monoisotopic (exact) mass is 570 g/mol. The Morgan fingerprint density at radius 2 is 2.10 bits per heavy atom. The molecule has 5 rings (SSSR count). The lowest BCUT2D eigenvalue weighted by atomic mass is 9.98. The van der Waals surface area contributed by atoms with Crippen molar-refractivity contribution in [1.29, 1.82) is 0 Å². The van der Waals surface area contributed by atoms with E-state index in [2.05, 4.69) is 14.9 Å². The summed E-state index contributed by atoms with van der Waals surface area (Å²) < 4.78 is 74.4. The Labute approximate surface area is 223 Å². The number of benzene rings is 1. The fourth-order valence-corrected chi connectivity index (χ4v) is 5.03. The number of aromatic nitrogens is 2. The molecule has 2 aliphatic heterocycles. The van der Waals surface area contributed by atoms with E-state index in [1.165, 1.54) is 24.3 Å². The smallest absolute Gasteiger partial charge is 0.416 e. The molecule has 39 heavy (non-hydrogen) atoms. The van der Waals surface area contributed by atoms with Crippen LogP contribution in [-0.2, 0) is 15.7 Å². The maximum Gasteiger partial charge on any atom is 0.416 e. The first kappa shape index (κ1) is 27.1. The van der Waals surface area contributed by atoms with Crippen molar-refractivity contribution in [3.63, 3.8) is 0 Å². The summed E-state index contributed by atoms with van der Waals surface area (Å²) in [7, 11) is 1.27. The van der Waals surface area contributed by atoms with Crippen LogP contribution in [-0.4, -0.2) is 69.8 Å². The van der Waals surface area contributed by atoms with Crippen molar-refractivity contribution < 1.29 is 41.6 Å². The van der Waals surface area contributed by atoms with Crippen LogP contribution in [0.4, 0.5) is 29.1 Å². The van der Waals surface area contributed by atoms with Crippen LogP contribution in [0.1, 0.15) is 12.0 Å². The number of hydrazine groups is 1. The molecule has 2 aromatic heterocycles. The third-order valence-corrected chi connectivity index (χ3v) is 6.97. The number of carbonyl (C=O) groups excluding carboxylic acids is 1. The number of nitrogens with one attached hydrogen (secondary N) is 1. The van der Waals surface area contributed by atoms with Crippen LogP contribution in [0.5, 0.6) is 5.88 Å². The summed E-state index contributed by atoms with van der Waals surface area (Å²) in [4.78, 5) is 18.4. The van der Waals surface area contributed by atoms with Crippen molar-refractivity contribution in [3.05, 3.63) is 54.0 Å². The molecule has 4 heterocycles. The molecule has 2 saturated heterocycles. The molecule has 1 amide bonds. The van der Waals surface area contributed by atoms with E-state index in [9.17, 15) is 23.2 Å². The van der Waals surface area contributed by atoms with Crippen LogP contribution in [0.15, 0.2) is 47.2 Å². The number of nitrogens with zero attached hydrogens (tertiary/aromatic N) is 5. The fraction of sp³-hybridized carbons (Fsp3) is 0.348. The van der Waals surface area contributed by atoms with E-state index in [-0.39, 0.29) is 36.0 Å². The zero-order valence-corrected chi connectivity index (χ0v) is 21.1. The molecule has 11 nitrogen and oxygen atoms in total. The number of hydrogen-bond donors (Lipinski definition) is 2. The van der Waals surface area contributed by atoms with Crippen LogP contribution in [0.2, 0.25) is 0 Å². The summed E-state index contributed by atoms with van der Waals surface area (Å²) in [5, 5.41) is 15.7. The molecule has 0 spiro atoms. The summed E-state index contributed by atoms with van der Waals surface area (Å²) in [6.45, 7) is 0.183. The second-order valence-electron chi connectivity index (χ2n) is 8.64. The first-order valence-electron chi connectivity index (χ1n) is 11.6. The standard InChI is InChI=1S/C23H22F4N6O5S/c1-36-22-17(10-15(24)21(28-22)13-3-2-4-14(9-13)23(25,26)27)32-16-5-7-31(11-18(16)37-12-20(32)34)33(35)39-30-19-6-8-38-29-19/h2-4,6,8-10,16,18,35H,5,7,11-12H2,1H3,(H,29,30). The Morgan fingerprint density at radius 3 is 2.82 bits per heavy atom. The number of rotatable bonds is 7. The average Bonchev–Trinajstić information content (AvgIpc) is 3.45. The number of fused-ring (bicyclic) bond motifs is 1. The molecular weight excluding hydrogens is 548 g/mol. The lowest BCUT2D eigenvalue weighted by Crippen LogP contribution is -2.63. The zero-order chi connectivity index (χ0) is 27.7. The fourth-order valence-electron chi connectivity index (χ4n) is 4.49. The maximum atomic E-state index is 15.3. The topological polar surface area (TPSA) is 116 Å². The number of anilines is 2. The Balaban J connectivity index is 1.37. The van der Waals surface area contributed by atoms with Gasteiger partial charge in [0.15, 0.2) is 11.6 Å². The molecule has 2 unspecified atom stereocenters. The van der Waals surface area contributed by atoms with E-state index < -0.39 is 35.6 Å². The first-order valence-corrected chi connectivity index (χ1v) is 12.4. The van der Waals surface area contributed by atoms with E-state index in [0.29, 0.717) is 18.8 Å². The summed E-state index contributed by atoms with van der Waals surface area (Å²) in [5.74, 6) is -1.11. The number of pyridine rings is 1. The van der Waals surface area contributed by atoms with Gasteiger partial charge in [0.25, 0.3) is 5.91 Å². The number of methoxy groups -OCH3 is 1. The van der Waals surface area contributed by atoms with Gasteiger partial charge < -0.3 is 14.0 Å². The van der Waals surface area contributed by atoms with Crippen molar-refractivity contribution in [2.45, 2.75) is 24.7 Å². The van der Waals surface area contributed by atoms with Crippen LogP contribution in [0.3, 0.4) is 0 Å². The summed E-state index contributed by atoms with van der Waals surface area (Å²) in [5.41, 5.74) is -1.35. The van der Waals surface area contributed by atoms with Gasteiger partial charge in [-0.15, -0.1) is 0 Å². The van der Waals surface area contributed by atoms with Crippen molar-refractivity contribution in [2.75, 3.05) is 36.4 Å². The third kappa shape index (κ3) is 5.65. The van der Waals surface area contributed by atoms with Gasteiger partial charge in [0, 0.05) is 30.8 Å². The maximum absolute atomic E-state index is 15.3. The number of hydrogen-bond acceptors (Lipinski definition) is 11. The molecule has 1 aromatic carbocycles. The van der Waals surface area contributed by atoms with E-state index in [4.69, 9.17) is 14.0 Å². The highest BCUT2D eigenvalue weighted by Gasteiger charge is 2.44. The molecule has 0 saturated carbocycles. The van der Waals surface area contributed by atoms with Gasteiger partial charge in [-0.25, -0.2) is 14.4 Å². The molecule has 0 aliphatic carbocycles. The number of morpholine rings is 1. The van der Waals surface area contributed by atoms with Gasteiger partial charge in [-0.05, 0) is 23.1 Å². The molecule has 0 bridgehead atoms. The minimum atomic E-state index is -4.62. The van der Waals surface area contributed by atoms with Gasteiger partial charge >= 0.3 is 6.18 Å². The Morgan fingerprint density at radius 1 is 1.28 bits per heavy atom. The molecule has 2 fully saturated rings. The van der Waals surface area contributed by atoms with Crippen LogP contribution in [0.25, 0.3) is 11.3 Å². The van der Waals surface area contributed by atoms with Crippen molar-refractivity contribution >= 4 is 29.5 Å². The Hall–Kier alpha value is -3.44. The van der Waals surface area contributed by atoms with E-state index >= 15 is 4.39 Å². The largest absolute Gasteiger partial charge is 0.479 e. The molecule has 0 radical (unpaired) electrons. The molecule has 16 heteroatoms. The summed E-state index contributed by atoms with van der Waals surface area (Å²) in [6.07, 6.45) is -3.47. The van der Waals surface area contributed by atoms with Gasteiger partial charge in [-0.1, -0.05) is 17.3 Å². The zero-order valence-electron chi connectivity index (χ0n) is 20.3.